The highest BCUT2D eigenvalue weighted by Crippen LogP contribution is 2.38. The first kappa shape index (κ1) is 16.3. The molecule has 1 aliphatic rings. The fourth-order valence-electron chi connectivity index (χ4n) is 3.52. The van der Waals surface area contributed by atoms with Crippen LogP contribution in [0.4, 0.5) is 5.69 Å². The summed E-state index contributed by atoms with van der Waals surface area (Å²) in [7, 11) is 0. The molecule has 21 heavy (non-hydrogen) atoms. The fourth-order valence-corrected chi connectivity index (χ4v) is 3.79. The molecule has 0 saturated carbocycles. The van der Waals surface area contributed by atoms with Crippen molar-refractivity contribution in [2.75, 3.05) is 11.4 Å². The van der Waals surface area contributed by atoms with E-state index in [2.05, 4.69) is 77.8 Å². The van der Waals surface area contributed by atoms with Gasteiger partial charge in [0.05, 0.1) is 12.1 Å². The monoisotopic (exact) mass is 351 g/mol. The van der Waals surface area contributed by atoms with Crippen molar-refractivity contribution in [1.82, 2.24) is 0 Å². The quantitative estimate of drug-likeness (QED) is 0.853. The van der Waals surface area contributed by atoms with E-state index in [-0.39, 0.29) is 5.54 Å². The second kappa shape index (κ2) is 6.39. The standard InChI is InChI=1S/C17H26BrN3/c1-12(2)9-17(10-13(3)4)11-20-16(19)21(17)15-7-5-14(18)6-8-15/h5-8,12-13H,9-11H2,1-4H3,(H2,19,20). The Balaban J connectivity index is 2.40. The molecule has 0 bridgehead atoms. The minimum Gasteiger partial charge on any atom is -0.369 e. The maximum absolute atomic E-state index is 6.24. The van der Waals surface area contributed by atoms with Crippen LogP contribution in [-0.4, -0.2) is 18.0 Å². The number of nitrogens with zero attached hydrogens (tertiary/aromatic N) is 2. The summed E-state index contributed by atoms with van der Waals surface area (Å²) >= 11 is 3.50. The highest BCUT2D eigenvalue weighted by molar-refractivity contribution is 9.10. The molecule has 0 saturated heterocycles. The van der Waals surface area contributed by atoms with E-state index in [1.54, 1.807) is 0 Å². The molecular formula is C17H26BrN3. The third-order valence-corrected chi connectivity index (χ3v) is 4.43. The van der Waals surface area contributed by atoms with Crippen LogP contribution in [0.2, 0.25) is 0 Å². The van der Waals surface area contributed by atoms with Crippen molar-refractivity contribution in [2.24, 2.45) is 22.6 Å². The van der Waals surface area contributed by atoms with Crippen LogP contribution in [0, 0.1) is 11.8 Å². The molecule has 2 N–H and O–H groups in total. The topological polar surface area (TPSA) is 41.6 Å². The molecule has 0 unspecified atom stereocenters. The molecule has 4 heteroatoms. The molecular weight excluding hydrogens is 326 g/mol. The van der Waals surface area contributed by atoms with Crippen molar-refractivity contribution in [3.05, 3.63) is 28.7 Å². The predicted octanol–water partition coefficient (Wildman–Crippen LogP) is 4.41. The van der Waals surface area contributed by atoms with Gasteiger partial charge in [-0.3, -0.25) is 4.99 Å². The zero-order valence-corrected chi connectivity index (χ0v) is 15.0. The zero-order chi connectivity index (χ0) is 15.6. The Hall–Kier alpha value is -1.03. The third-order valence-electron chi connectivity index (χ3n) is 3.90. The van der Waals surface area contributed by atoms with Crippen molar-refractivity contribution in [3.63, 3.8) is 0 Å². The molecule has 0 atom stereocenters. The summed E-state index contributed by atoms with van der Waals surface area (Å²) in [5.74, 6) is 1.88. The van der Waals surface area contributed by atoms with E-state index in [4.69, 9.17) is 5.73 Å². The van der Waals surface area contributed by atoms with Gasteiger partial charge in [0.1, 0.15) is 0 Å². The SMILES string of the molecule is CC(C)CC1(CC(C)C)CN=C(N)N1c1ccc(Br)cc1. The number of aliphatic imine (C=N–C) groups is 1. The molecule has 1 aromatic rings. The van der Waals surface area contributed by atoms with Gasteiger partial charge in [-0.25, -0.2) is 0 Å². The third kappa shape index (κ3) is 3.60. The summed E-state index contributed by atoms with van der Waals surface area (Å²) in [6, 6.07) is 8.37. The molecule has 0 amide bonds. The van der Waals surface area contributed by atoms with Gasteiger partial charge in [-0.15, -0.1) is 0 Å². The van der Waals surface area contributed by atoms with Gasteiger partial charge >= 0.3 is 0 Å². The number of nitrogens with two attached hydrogens (primary N) is 1. The molecule has 1 heterocycles. The highest BCUT2D eigenvalue weighted by atomic mass is 79.9. The van der Waals surface area contributed by atoms with Crippen LogP contribution in [0.15, 0.2) is 33.7 Å². The predicted molar refractivity (Wildman–Crippen MR) is 94.8 cm³/mol. The largest absolute Gasteiger partial charge is 0.369 e. The van der Waals surface area contributed by atoms with Crippen molar-refractivity contribution < 1.29 is 0 Å². The Morgan fingerprint density at radius 2 is 1.67 bits per heavy atom. The minimum absolute atomic E-state index is 0.0141. The lowest BCUT2D eigenvalue weighted by molar-refractivity contribution is 0.304. The number of anilines is 1. The first-order valence-corrected chi connectivity index (χ1v) is 8.49. The summed E-state index contributed by atoms with van der Waals surface area (Å²) in [6.45, 7) is 9.89. The number of halogens is 1. The van der Waals surface area contributed by atoms with Crippen molar-refractivity contribution in [2.45, 2.75) is 46.1 Å². The second-order valence-electron chi connectivity index (χ2n) is 6.91. The molecule has 0 radical (unpaired) electrons. The minimum atomic E-state index is 0.0141. The fraction of sp³-hybridized carbons (Fsp3) is 0.588. The van der Waals surface area contributed by atoms with Gasteiger partial charge in [-0.2, -0.15) is 0 Å². The maximum Gasteiger partial charge on any atom is 0.196 e. The molecule has 1 aliphatic heterocycles. The lowest BCUT2D eigenvalue weighted by Gasteiger charge is -2.42. The molecule has 0 aromatic heterocycles. The summed E-state index contributed by atoms with van der Waals surface area (Å²) in [5.41, 5.74) is 7.39. The van der Waals surface area contributed by atoms with Crippen molar-refractivity contribution in [3.8, 4) is 0 Å². The average molecular weight is 352 g/mol. The number of hydrogen-bond donors (Lipinski definition) is 1. The maximum atomic E-state index is 6.24. The normalized spacial score (nSPS) is 17.7. The molecule has 3 nitrogen and oxygen atoms in total. The highest BCUT2D eigenvalue weighted by Gasteiger charge is 2.43. The van der Waals surface area contributed by atoms with E-state index >= 15 is 0 Å². The summed E-state index contributed by atoms with van der Waals surface area (Å²) in [5, 5.41) is 0. The van der Waals surface area contributed by atoms with E-state index in [0.29, 0.717) is 17.8 Å². The van der Waals surface area contributed by atoms with Crippen LogP contribution in [0.3, 0.4) is 0 Å². The second-order valence-corrected chi connectivity index (χ2v) is 7.82. The number of guanidine groups is 1. The van der Waals surface area contributed by atoms with E-state index < -0.39 is 0 Å². The number of hydrogen-bond acceptors (Lipinski definition) is 3. The Bertz CT molecular complexity index is 495. The van der Waals surface area contributed by atoms with Gasteiger partial charge < -0.3 is 10.6 Å². The lowest BCUT2D eigenvalue weighted by atomic mass is 9.81. The summed E-state index contributed by atoms with van der Waals surface area (Å²) < 4.78 is 1.08. The Kier molecular flexibility index (Phi) is 4.97. The smallest absolute Gasteiger partial charge is 0.196 e. The van der Waals surface area contributed by atoms with E-state index in [1.807, 2.05) is 0 Å². The zero-order valence-electron chi connectivity index (χ0n) is 13.4. The van der Waals surface area contributed by atoms with Gasteiger partial charge in [-0.1, -0.05) is 43.6 Å². The van der Waals surface area contributed by atoms with E-state index in [9.17, 15) is 0 Å². The molecule has 0 fully saturated rings. The van der Waals surface area contributed by atoms with Crippen molar-refractivity contribution in [1.29, 1.82) is 0 Å². The van der Waals surface area contributed by atoms with Crippen LogP contribution in [0.25, 0.3) is 0 Å². The lowest BCUT2D eigenvalue weighted by Crippen LogP contribution is -2.53. The van der Waals surface area contributed by atoms with Gasteiger partial charge in [-0.05, 0) is 48.9 Å². The number of rotatable bonds is 5. The Morgan fingerprint density at radius 3 is 2.14 bits per heavy atom. The first-order valence-electron chi connectivity index (χ1n) is 7.70. The molecule has 0 spiro atoms. The van der Waals surface area contributed by atoms with Crippen LogP contribution in [0.5, 0.6) is 0 Å². The molecule has 0 aliphatic carbocycles. The van der Waals surface area contributed by atoms with Crippen LogP contribution in [0.1, 0.15) is 40.5 Å². The number of benzene rings is 1. The summed E-state index contributed by atoms with van der Waals surface area (Å²) in [6.07, 6.45) is 2.21. The molecule has 116 valence electrons. The molecule has 1 aromatic carbocycles. The van der Waals surface area contributed by atoms with Gasteiger partial charge in [0.2, 0.25) is 0 Å². The van der Waals surface area contributed by atoms with E-state index in [1.165, 1.54) is 0 Å². The van der Waals surface area contributed by atoms with Gasteiger partial charge in [0.25, 0.3) is 0 Å². The van der Waals surface area contributed by atoms with Crippen molar-refractivity contribution >= 4 is 27.6 Å². The first-order chi connectivity index (χ1) is 9.84. The average Bonchev–Trinajstić information content (AvgIpc) is 2.66. The van der Waals surface area contributed by atoms with E-state index in [0.717, 1.165) is 29.5 Å². The Labute approximate surface area is 136 Å². The molecule has 2 rings (SSSR count). The van der Waals surface area contributed by atoms with Crippen LogP contribution in [-0.2, 0) is 0 Å². The summed E-state index contributed by atoms with van der Waals surface area (Å²) in [4.78, 5) is 6.85. The van der Waals surface area contributed by atoms with Crippen LogP contribution < -0.4 is 10.6 Å². The van der Waals surface area contributed by atoms with Gasteiger partial charge in [0, 0.05) is 10.2 Å². The van der Waals surface area contributed by atoms with Crippen LogP contribution >= 0.6 is 15.9 Å². The Morgan fingerprint density at radius 1 is 1.14 bits per heavy atom. The van der Waals surface area contributed by atoms with Gasteiger partial charge in [0.15, 0.2) is 5.96 Å².